The van der Waals surface area contributed by atoms with Gasteiger partial charge in [-0.2, -0.15) is 0 Å². The van der Waals surface area contributed by atoms with Crippen LogP contribution < -0.4 is 5.56 Å². The maximum Gasteiger partial charge on any atom is 0.509 e. The summed E-state index contributed by atoms with van der Waals surface area (Å²) in [6.07, 6.45) is -4.05. The van der Waals surface area contributed by atoms with Crippen LogP contribution in [0.3, 0.4) is 0 Å². The first-order valence-corrected chi connectivity index (χ1v) is 12.6. The summed E-state index contributed by atoms with van der Waals surface area (Å²) in [6, 6.07) is 11.3. The minimum absolute atomic E-state index is 0.0679. The van der Waals surface area contributed by atoms with Crippen molar-refractivity contribution >= 4 is 23.0 Å². The first kappa shape index (κ1) is 25.4. The van der Waals surface area contributed by atoms with Crippen LogP contribution in [0.25, 0.3) is 22.3 Å². The number of hydrogen-bond acceptors (Lipinski definition) is 11. The van der Waals surface area contributed by atoms with Gasteiger partial charge in [-0.05, 0) is 18.2 Å². The highest BCUT2D eigenvalue weighted by atomic mass is 16.7. The van der Waals surface area contributed by atoms with Crippen LogP contribution in [-0.4, -0.2) is 70.2 Å². The number of hydrogen-bond donors (Lipinski definition) is 2. The highest BCUT2D eigenvalue weighted by molar-refractivity contribution is 5.85. The molecule has 5 heterocycles. The molecule has 3 aliphatic heterocycles. The van der Waals surface area contributed by atoms with Gasteiger partial charge in [-0.3, -0.25) is 4.79 Å². The molecule has 1 aromatic carbocycles. The van der Waals surface area contributed by atoms with Crippen LogP contribution in [0.2, 0.25) is 0 Å². The maximum atomic E-state index is 13.3. The van der Waals surface area contributed by atoms with Crippen molar-refractivity contribution < 1.29 is 43.5 Å². The molecule has 3 aliphatic rings. The lowest BCUT2D eigenvalue weighted by Gasteiger charge is -2.31. The summed E-state index contributed by atoms with van der Waals surface area (Å²) in [5.41, 5.74) is 2.92. The van der Waals surface area contributed by atoms with E-state index in [1.54, 1.807) is 10.6 Å². The normalized spacial score (nSPS) is 23.5. The number of carbonyl (C=O) groups excluding carboxylic acids is 2. The first-order chi connectivity index (χ1) is 18.9. The monoisotopic (exact) mass is 538 g/mol. The third-order valence-corrected chi connectivity index (χ3v) is 7.03. The second kappa shape index (κ2) is 10.4. The largest absolute Gasteiger partial charge is 0.509 e. The molecule has 0 radical (unpaired) electrons. The number of aromatic nitrogens is 2. The van der Waals surface area contributed by atoms with Gasteiger partial charge in [0.1, 0.15) is 13.2 Å². The summed E-state index contributed by atoms with van der Waals surface area (Å²) >= 11 is 0. The lowest BCUT2D eigenvalue weighted by atomic mass is 10.00. The predicted octanol–water partition coefficient (Wildman–Crippen LogP) is 1.55. The molecule has 2 unspecified atom stereocenters. The van der Waals surface area contributed by atoms with E-state index < -0.39 is 36.7 Å². The Morgan fingerprint density at radius 1 is 1.15 bits per heavy atom. The minimum atomic E-state index is -1.48. The number of aliphatic hydroxyl groups is 2. The summed E-state index contributed by atoms with van der Waals surface area (Å²) < 4.78 is 28.0. The highest BCUT2D eigenvalue weighted by Crippen LogP contribution is 2.36. The molecular formula is C27H26N2O10. The molecule has 0 spiro atoms. The van der Waals surface area contributed by atoms with E-state index in [-0.39, 0.29) is 49.5 Å². The van der Waals surface area contributed by atoms with Gasteiger partial charge in [-0.15, -0.1) is 0 Å². The number of para-hydroxylation sites is 1. The van der Waals surface area contributed by atoms with Gasteiger partial charge < -0.3 is 38.5 Å². The number of pyridine rings is 2. The van der Waals surface area contributed by atoms with Crippen LogP contribution in [0.15, 0.2) is 41.2 Å². The second-order valence-electron chi connectivity index (χ2n) is 9.61. The zero-order valence-corrected chi connectivity index (χ0v) is 20.8. The molecule has 2 aromatic heterocycles. The summed E-state index contributed by atoms with van der Waals surface area (Å²) in [5, 5.41) is 20.0. The van der Waals surface area contributed by atoms with Crippen molar-refractivity contribution in [3.8, 4) is 11.4 Å². The van der Waals surface area contributed by atoms with Gasteiger partial charge in [0.2, 0.25) is 6.10 Å². The number of benzene rings is 1. The average molecular weight is 539 g/mol. The third kappa shape index (κ3) is 4.87. The van der Waals surface area contributed by atoms with E-state index in [9.17, 15) is 24.6 Å². The van der Waals surface area contributed by atoms with Crippen molar-refractivity contribution in [2.24, 2.45) is 0 Å². The molecule has 39 heavy (non-hydrogen) atoms. The van der Waals surface area contributed by atoms with Crippen LogP contribution in [0.5, 0.6) is 0 Å². The topological polar surface area (TPSA) is 156 Å². The van der Waals surface area contributed by atoms with Gasteiger partial charge in [0.25, 0.3) is 5.56 Å². The van der Waals surface area contributed by atoms with Gasteiger partial charge in [-0.25, -0.2) is 14.6 Å². The van der Waals surface area contributed by atoms with E-state index in [0.717, 1.165) is 16.5 Å². The molecule has 0 bridgehead atoms. The molecule has 4 atom stereocenters. The smallest absolute Gasteiger partial charge is 0.458 e. The Morgan fingerprint density at radius 2 is 2.00 bits per heavy atom. The van der Waals surface area contributed by atoms with Gasteiger partial charge in [-0.1, -0.05) is 18.2 Å². The van der Waals surface area contributed by atoms with Crippen molar-refractivity contribution in [3.63, 3.8) is 0 Å². The fraction of sp³-hybridized carbons (Fsp3) is 0.407. The van der Waals surface area contributed by atoms with E-state index >= 15 is 0 Å². The number of aliphatic hydroxyl groups excluding tert-OH is 2. The van der Waals surface area contributed by atoms with E-state index in [4.69, 9.17) is 28.7 Å². The van der Waals surface area contributed by atoms with E-state index in [2.05, 4.69) is 0 Å². The fourth-order valence-electron chi connectivity index (χ4n) is 5.18. The summed E-state index contributed by atoms with van der Waals surface area (Å²) in [4.78, 5) is 43.1. The summed E-state index contributed by atoms with van der Waals surface area (Å²) in [5.74, 6) is -0.815. The Morgan fingerprint density at radius 3 is 2.85 bits per heavy atom. The average Bonchev–Trinajstić information content (AvgIpc) is 3.29. The Balaban J connectivity index is 1.16. The molecule has 0 amide bonds. The molecule has 12 heteroatoms. The number of fused-ring (bicyclic) bond motifs is 5. The van der Waals surface area contributed by atoms with Crippen molar-refractivity contribution in [2.45, 2.75) is 50.6 Å². The number of cyclic esters (lactones) is 1. The van der Waals surface area contributed by atoms with Crippen molar-refractivity contribution in [1.82, 2.24) is 9.55 Å². The molecular weight excluding hydrogens is 512 g/mol. The van der Waals surface area contributed by atoms with Crippen LogP contribution in [0.1, 0.15) is 35.6 Å². The number of nitrogens with zero attached hydrogens (tertiary/aromatic N) is 2. The van der Waals surface area contributed by atoms with Gasteiger partial charge in [0.05, 0.1) is 54.4 Å². The Kier molecular flexibility index (Phi) is 6.77. The second-order valence-corrected chi connectivity index (χ2v) is 9.61. The summed E-state index contributed by atoms with van der Waals surface area (Å²) in [7, 11) is 0. The van der Waals surface area contributed by atoms with Gasteiger partial charge >= 0.3 is 12.1 Å². The maximum absolute atomic E-state index is 13.3. The molecule has 6 rings (SSSR count). The molecule has 3 aromatic rings. The van der Waals surface area contributed by atoms with Crippen molar-refractivity contribution in [2.75, 3.05) is 19.8 Å². The van der Waals surface area contributed by atoms with Crippen LogP contribution in [0, 0.1) is 0 Å². The number of esters is 1. The Labute approximate surface area is 221 Å². The van der Waals surface area contributed by atoms with E-state index in [1.807, 2.05) is 30.3 Å². The highest BCUT2D eigenvalue weighted by Gasteiger charge is 2.38. The molecule has 204 valence electrons. The third-order valence-electron chi connectivity index (χ3n) is 7.03. The standard InChI is InChI=1S/C27H26N2O10/c30-12-17-8-16(31)9-22(38-17)35-5-6-36-27(34)39-24-18-10-21-23-15(7-14-3-1-2-4-20(14)28-23)11-29(21)25(32)19(18)13-37-26(24)33/h1-4,7,10,16-17,22,24,30-31H,5-6,8-9,11-13H2/t16-,17?,22+,24?/m0/s1. The van der Waals surface area contributed by atoms with E-state index in [0.29, 0.717) is 24.4 Å². The van der Waals surface area contributed by atoms with Crippen molar-refractivity contribution in [3.05, 3.63) is 63.4 Å². The van der Waals surface area contributed by atoms with Crippen LogP contribution >= 0.6 is 0 Å². The van der Waals surface area contributed by atoms with Crippen molar-refractivity contribution in [1.29, 1.82) is 0 Å². The SMILES string of the molecule is O=C(OCCO[C@H]1C[C@@H](O)CC(CO)O1)OC1C(=O)OCc2c1cc1n(c2=O)Cc2cc3ccccc3nc2-1. The molecule has 1 saturated heterocycles. The zero-order chi connectivity index (χ0) is 27.1. The molecule has 0 saturated carbocycles. The van der Waals surface area contributed by atoms with Gasteiger partial charge in [0, 0.05) is 29.4 Å². The Hall–Kier alpha value is -3.84. The molecule has 12 nitrogen and oxygen atoms in total. The lowest BCUT2D eigenvalue weighted by molar-refractivity contribution is -0.224. The molecule has 2 N–H and O–H groups in total. The van der Waals surface area contributed by atoms with Crippen LogP contribution in [-0.2, 0) is 41.6 Å². The Bertz CT molecular complexity index is 1500. The number of rotatable bonds is 6. The van der Waals surface area contributed by atoms with E-state index in [1.165, 1.54) is 0 Å². The predicted molar refractivity (Wildman–Crippen MR) is 132 cm³/mol. The lowest BCUT2D eigenvalue weighted by Crippen LogP contribution is -2.39. The summed E-state index contributed by atoms with van der Waals surface area (Å²) in [6.45, 7) is -0.434. The minimum Gasteiger partial charge on any atom is -0.458 e. The molecule has 1 fully saturated rings. The number of ether oxygens (including phenoxy) is 5. The molecule has 0 aliphatic carbocycles. The quantitative estimate of drug-likeness (QED) is 0.271. The van der Waals surface area contributed by atoms with Crippen LogP contribution in [0.4, 0.5) is 4.79 Å². The fourth-order valence-corrected chi connectivity index (χ4v) is 5.18. The zero-order valence-electron chi connectivity index (χ0n) is 20.8. The number of carbonyl (C=O) groups is 2. The first-order valence-electron chi connectivity index (χ1n) is 12.6. The van der Waals surface area contributed by atoms with Gasteiger partial charge in [0.15, 0.2) is 6.29 Å².